The molecule has 0 saturated heterocycles. The van der Waals surface area contributed by atoms with Crippen LogP contribution < -0.4 is 0 Å². The molecule has 1 aromatic rings. The zero-order valence-corrected chi connectivity index (χ0v) is 10.3. The highest BCUT2D eigenvalue weighted by atomic mass is 15.2. The van der Waals surface area contributed by atoms with Crippen molar-refractivity contribution in [2.45, 2.75) is 19.4 Å². The maximum atomic E-state index is 8.83. The maximum Gasteiger partial charge on any atom is 0.140 e. The normalized spacial score (nSPS) is 22.6. The number of nitrogens with zero attached hydrogens (tertiary/aromatic N) is 3. The summed E-state index contributed by atoms with van der Waals surface area (Å²) in [6.07, 6.45) is 10.0. The average Bonchev–Trinajstić information content (AvgIpc) is 2.32. The van der Waals surface area contributed by atoms with Crippen LogP contribution >= 0.6 is 0 Å². The summed E-state index contributed by atoms with van der Waals surface area (Å²) in [4.78, 5) is 6.31. The largest absolute Gasteiger partial charge is 0.368 e. The van der Waals surface area contributed by atoms with Crippen molar-refractivity contribution >= 4 is 0 Å². The van der Waals surface area contributed by atoms with Crippen molar-refractivity contribution in [2.75, 3.05) is 7.05 Å². The lowest BCUT2D eigenvalue weighted by Gasteiger charge is -2.38. The van der Waals surface area contributed by atoms with E-state index in [-0.39, 0.29) is 5.54 Å². The number of hydrogen-bond acceptors (Lipinski definition) is 3. The quantitative estimate of drug-likeness (QED) is 0.737. The Hall–Kier alpha value is -2.08. The van der Waals surface area contributed by atoms with Gasteiger partial charge >= 0.3 is 0 Å². The first-order chi connectivity index (χ1) is 8.08. The molecule has 0 saturated carbocycles. The van der Waals surface area contributed by atoms with Gasteiger partial charge in [0.1, 0.15) is 11.8 Å². The summed E-state index contributed by atoms with van der Waals surface area (Å²) >= 11 is 0. The van der Waals surface area contributed by atoms with E-state index >= 15 is 0 Å². The molecular weight excluding hydrogens is 210 g/mol. The van der Waals surface area contributed by atoms with Crippen LogP contribution in [0.1, 0.15) is 23.7 Å². The van der Waals surface area contributed by atoms with Crippen molar-refractivity contribution < 1.29 is 0 Å². The third-order valence-corrected chi connectivity index (χ3v) is 3.34. The van der Waals surface area contributed by atoms with Crippen LogP contribution in [0.2, 0.25) is 0 Å². The van der Waals surface area contributed by atoms with Crippen LogP contribution in [0, 0.1) is 18.3 Å². The lowest BCUT2D eigenvalue weighted by Crippen LogP contribution is -2.37. The van der Waals surface area contributed by atoms with Gasteiger partial charge in [0.15, 0.2) is 0 Å². The molecule has 1 aliphatic rings. The molecule has 0 aromatic carbocycles. The SMILES string of the molecule is Cc1cc(C#N)ncc1C1(C)C=CC=CN1C. The lowest BCUT2D eigenvalue weighted by molar-refractivity contribution is 0.260. The third kappa shape index (κ3) is 1.83. The van der Waals surface area contributed by atoms with Gasteiger partial charge in [-0.2, -0.15) is 5.26 Å². The number of aromatic nitrogens is 1. The molecule has 0 aliphatic carbocycles. The molecule has 0 bridgehead atoms. The van der Waals surface area contributed by atoms with E-state index < -0.39 is 0 Å². The molecule has 3 heteroatoms. The fourth-order valence-corrected chi connectivity index (χ4v) is 2.12. The second kappa shape index (κ2) is 4.06. The van der Waals surface area contributed by atoms with E-state index in [1.807, 2.05) is 38.4 Å². The van der Waals surface area contributed by atoms with Crippen LogP contribution in [-0.4, -0.2) is 16.9 Å². The lowest BCUT2D eigenvalue weighted by atomic mass is 9.87. The molecule has 0 spiro atoms. The number of hydrogen-bond donors (Lipinski definition) is 0. The summed E-state index contributed by atoms with van der Waals surface area (Å²) in [5.41, 5.74) is 2.48. The van der Waals surface area contributed by atoms with Crippen molar-refractivity contribution in [3.8, 4) is 6.07 Å². The summed E-state index contributed by atoms with van der Waals surface area (Å²) in [5.74, 6) is 0. The summed E-state index contributed by atoms with van der Waals surface area (Å²) in [6, 6.07) is 3.90. The van der Waals surface area contributed by atoms with Crippen molar-refractivity contribution in [3.05, 3.63) is 53.5 Å². The number of rotatable bonds is 1. The second-order valence-corrected chi connectivity index (χ2v) is 4.46. The average molecular weight is 225 g/mol. The molecule has 1 aromatic heterocycles. The highest BCUT2D eigenvalue weighted by molar-refractivity contribution is 5.40. The molecule has 1 atom stereocenters. The summed E-state index contributed by atoms with van der Waals surface area (Å²) < 4.78 is 0. The smallest absolute Gasteiger partial charge is 0.140 e. The first kappa shape index (κ1) is 11.4. The summed E-state index contributed by atoms with van der Waals surface area (Å²) in [7, 11) is 2.04. The van der Waals surface area contributed by atoms with E-state index in [2.05, 4.69) is 29.0 Å². The predicted molar refractivity (Wildman–Crippen MR) is 67.1 cm³/mol. The van der Waals surface area contributed by atoms with Gasteiger partial charge in [0.25, 0.3) is 0 Å². The Morgan fingerprint density at radius 1 is 1.41 bits per heavy atom. The van der Waals surface area contributed by atoms with Crippen molar-refractivity contribution in [1.29, 1.82) is 5.26 Å². The molecule has 86 valence electrons. The molecule has 2 heterocycles. The van der Waals surface area contributed by atoms with Crippen LogP contribution in [0.5, 0.6) is 0 Å². The van der Waals surface area contributed by atoms with Gasteiger partial charge in [0.05, 0.1) is 5.54 Å². The first-order valence-corrected chi connectivity index (χ1v) is 5.54. The van der Waals surface area contributed by atoms with E-state index in [1.165, 1.54) is 0 Å². The van der Waals surface area contributed by atoms with E-state index in [9.17, 15) is 0 Å². The van der Waals surface area contributed by atoms with Gasteiger partial charge in [0.2, 0.25) is 0 Å². The Kier molecular flexibility index (Phi) is 2.72. The molecule has 0 N–H and O–H groups in total. The van der Waals surface area contributed by atoms with Gasteiger partial charge in [-0.3, -0.25) is 0 Å². The number of allylic oxidation sites excluding steroid dienone is 2. The molecule has 1 unspecified atom stereocenters. The second-order valence-electron chi connectivity index (χ2n) is 4.46. The van der Waals surface area contributed by atoms with E-state index in [0.29, 0.717) is 5.69 Å². The topological polar surface area (TPSA) is 39.9 Å². The zero-order valence-electron chi connectivity index (χ0n) is 10.3. The van der Waals surface area contributed by atoms with Gasteiger partial charge in [-0.15, -0.1) is 0 Å². The highest BCUT2D eigenvalue weighted by Crippen LogP contribution is 2.32. The van der Waals surface area contributed by atoms with Crippen molar-refractivity contribution in [1.82, 2.24) is 9.88 Å². The van der Waals surface area contributed by atoms with Gasteiger partial charge in [-0.05, 0) is 37.8 Å². The van der Waals surface area contributed by atoms with E-state index in [0.717, 1.165) is 11.1 Å². The molecule has 0 fully saturated rings. The molecule has 2 rings (SSSR count). The molecule has 3 nitrogen and oxygen atoms in total. The number of nitriles is 1. The van der Waals surface area contributed by atoms with Gasteiger partial charge < -0.3 is 4.90 Å². The van der Waals surface area contributed by atoms with Gasteiger partial charge in [-0.25, -0.2) is 4.98 Å². The maximum absolute atomic E-state index is 8.83. The Labute approximate surface area is 102 Å². The van der Waals surface area contributed by atoms with Crippen LogP contribution in [0.4, 0.5) is 0 Å². The van der Waals surface area contributed by atoms with Crippen LogP contribution in [-0.2, 0) is 5.54 Å². The number of pyridine rings is 1. The standard InChI is InChI=1S/C14H15N3/c1-11-8-12(9-15)16-10-13(11)14(2)6-4-5-7-17(14)3/h4-8,10H,1-3H3. The van der Waals surface area contributed by atoms with Gasteiger partial charge in [-0.1, -0.05) is 12.2 Å². The Balaban J connectivity index is 2.51. The first-order valence-electron chi connectivity index (χ1n) is 5.54. The molecule has 17 heavy (non-hydrogen) atoms. The third-order valence-electron chi connectivity index (χ3n) is 3.34. The molecule has 1 aliphatic heterocycles. The van der Waals surface area contributed by atoms with Crippen LogP contribution in [0.15, 0.2) is 36.7 Å². The Morgan fingerprint density at radius 3 is 2.76 bits per heavy atom. The Morgan fingerprint density at radius 2 is 2.18 bits per heavy atom. The molecule has 0 radical (unpaired) electrons. The van der Waals surface area contributed by atoms with Gasteiger partial charge in [0, 0.05) is 18.8 Å². The number of likely N-dealkylation sites (N-methyl/N-ethyl adjacent to an activating group) is 1. The monoisotopic (exact) mass is 225 g/mol. The molecule has 0 amide bonds. The van der Waals surface area contributed by atoms with Crippen molar-refractivity contribution in [3.63, 3.8) is 0 Å². The highest BCUT2D eigenvalue weighted by Gasteiger charge is 2.29. The molecular formula is C14H15N3. The number of aryl methyl sites for hydroxylation is 1. The summed E-state index contributed by atoms with van der Waals surface area (Å²) in [5, 5.41) is 8.83. The van der Waals surface area contributed by atoms with E-state index in [1.54, 1.807) is 6.20 Å². The summed E-state index contributed by atoms with van der Waals surface area (Å²) in [6.45, 7) is 4.16. The fraction of sp³-hybridized carbons (Fsp3) is 0.286. The van der Waals surface area contributed by atoms with Crippen LogP contribution in [0.25, 0.3) is 0 Å². The minimum Gasteiger partial charge on any atom is -0.368 e. The van der Waals surface area contributed by atoms with Crippen molar-refractivity contribution in [2.24, 2.45) is 0 Å². The minimum atomic E-state index is -0.195. The predicted octanol–water partition coefficient (Wildman–Crippen LogP) is 2.49. The minimum absolute atomic E-state index is 0.195. The zero-order chi connectivity index (χ0) is 12.5. The fourth-order valence-electron chi connectivity index (χ4n) is 2.12. The van der Waals surface area contributed by atoms with E-state index in [4.69, 9.17) is 5.26 Å². The Bertz CT molecular complexity index is 537. The van der Waals surface area contributed by atoms with Crippen LogP contribution in [0.3, 0.4) is 0 Å².